The number of hydrogen-bond donors (Lipinski definition) is 1. The molecular formula is C12H16N4S2. The Balaban J connectivity index is 2.12. The minimum Gasteiger partial charge on any atom is -0.310 e. The summed E-state index contributed by atoms with van der Waals surface area (Å²) in [5, 5.41) is 13.4. The predicted octanol–water partition coefficient (Wildman–Crippen LogP) is 3.06. The van der Waals surface area contributed by atoms with Gasteiger partial charge in [0.1, 0.15) is 10.0 Å². The van der Waals surface area contributed by atoms with Crippen LogP contribution in [0, 0.1) is 6.92 Å². The zero-order valence-electron chi connectivity index (χ0n) is 10.7. The van der Waals surface area contributed by atoms with Gasteiger partial charge in [-0.2, -0.15) is 0 Å². The highest BCUT2D eigenvalue weighted by Crippen LogP contribution is 2.29. The van der Waals surface area contributed by atoms with E-state index in [0.717, 1.165) is 20.9 Å². The minimum absolute atomic E-state index is 0.341. The maximum atomic E-state index is 4.36. The molecule has 0 amide bonds. The zero-order valence-corrected chi connectivity index (χ0v) is 12.3. The van der Waals surface area contributed by atoms with Gasteiger partial charge in [-0.1, -0.05) is 18.3 Å². The Morgan fingerprint density at radius 2 is 2.28 bits per heavy atom. The van der Waals surface area contributed by atoms with Crippen LogP contribution in [0.15, 0.2) is 27.7 Å². The van der Waals surface area contributed by atoms with Crippen LogP contribution in [-0.4, -0.2) is 21.7 Å². The molecule has 1 unspecified atom stereocenters. The Labute approximate surface area is 115 Å². The number of pyridine rings is 1. The molecule has 0 bridgehead atoms. The molecule has 0 aliphatic carbocycles. The molecule has 2 aromatic heterocycles. The van der Waals surface area contributed by atoms with Crippen LogP contribution >= 0.6 is 23.1 Å². The molecule has 6 heteroatoms. The molecule has 2 heterocycles. The fraction of sp³-hybridized carbons (Fsp3) is 0.417. The summed E-state index contributed by atoms with van der Waals surface area (Å²) in [5.41, 5.74) is 1.25. The van der Waals surface area contributed by atoms with E-state index in [0.29, 0.717) is 6.04 Å². The van der Waals surface area contributed by atoms with Crippen molar-refractivity contribution in [1.29, 1.82) is 0 Å². The molecule has 1 atom stereocenters. The van der Waals surface area contributed by atoms with Crippen LogP contribution in [0.25, 0.3) is 0 Å². The molecule has 0 saturated heterocycles. The van der Waals surface area contributed by atoms with Gasteiger partial charge in [0.05, 0.1) is 0 Å². The quantitative estimate of drug-likeness (QED) is 0.912. The molecule has 0 fully saturated rings. The standard InChI is InChI=1S/C12H16N4S2/c1-4-13-8(2)10-5-6-14-11(7-10)18-12-16-15-9(3)17-12/h5-8,13H,4H2,1-3H3. The smallest absolute Gasteiger partial charge is 0.180 e. The number of rotatable bonds is 5. The van der Waals surface area contributed by atoms with Crippen molar-refractivity contribution in [2.24, 2.45) is 0 Å². The van der Waals surface area contributed by atoms with Crippen molar-refractivity contribution in [1.82, 2.24) is 20.5 Å². The lowest BCUT2D eigenvalue weighted by atomic mass is 10.1. The average Bonchev–Trinajstić information content (AvgIpc) is 2.75. The number of aryl methyl sites for hydroxylation is 1. The fourth-order valence-electron chi connectivity index (χ4n) is 1.58. The monoisotopic (exact) mass is 280 g/mol. The van der Waals surface area contributed by atoms with Crippen LogP contribution in [0.3, 0.4) is 0 Å². The van der Waals surface area contributed by atoms with Crippen molar-refractivity contribution < 1.29 is 0 Å². The first-order valence-electron chi connectivity index (χ1n) is 5.86. The second kappa shape index (κ2) is 6.26. The average molecular weight is 280 g/mol. The molecule has 96 valence electrons. The Bertz CT molecular complexity index is 512. The van der Waals surface area contributed by atoms with E-state index in [1.165, 1.54) is 5.56 Å². The van der Waals surface area contributed by atoms with Crippen LogP contribution in [0.2, 0.25) is 0 Å². The van der Waals surface area contributed by atoms with Crippen molar-refractivity contribution in [2.75, 3.05) is 6.54 Å². The first-order chi connectivity index (χ1) is 8.69. The summed E-state index contributed by atoms with van der Waals surface area (Å²) in [6.45, 7) is 7.18. The molecule has 1 N–H and O–H groups in total. The van der Waals surface area contributed by atoms with E-state index in [9.17, 15) is 0 Å². The van der Waals surface area contributed by atoms with E-state index in [2.05, 4.69) is 40.4 Å². The second-order valence-corrected chi connectivity index (χ2v) is 6.34. The molecule has 0 aliphatic heterocycles. The third-order valence-electron chi connectivity index (χ3n) is 2.47. The highest BCUT2D eigenvalue weighted by atomic mass is 32.2. The molecule has 0 aliphatic rings. The highest BCUT2D eigenvalue weighted by Gasteiger charge is 2.08. The summed E-state index contributed by atoms with van der Waals surface area (Å²) in [6, 6.07) is 4.49. The first kappa shape index (κ1) is 13.5. The molecule has 2 rings (SSSR count). The summed E-state index contributed by atoms with van der Waals surface area (Å²) in [4.78, 5) is 4.36. The largest absolute Gasteiger partial charge is 0.310 e. The number of aromatic nitrogens is 3. The molecule has 0 spiro atoms. The van der Waals surface area contributed by atoms with Crippen LogP contribution in [0.5, 0.6) is 0 Å². The summed E-state index contributed by atoms with van der Waals surface area (Å²) in [6.07, 6.45) is 1.85. The van der Waals surface area contributed by atoms with Gasteiger partial charge in [0.2, 0.25) is 0 Å². The molecule has 2 aromatic rings. The minimum atomic E-state index is 0.341. The van der Waals surface area contributed by atoms with Crippen molar-refractivity contribution >= 4 is 23.1 Å². The normalized spacial score (nSPS) is 12.6. The SMILES string of the molecule is CCNC(C)c1ccnc(Sc2nnc(C)s2)c1. The molecule has 0 saturated carbocycles. The summed E-state index contributed by atoms with van der Waals surface area (Å²) in [5.74, 6) is 0. The topological polar surface area (TPSA) is 50.7 Å². The molecule has 4 nitrogen and oxygen atoms in total. The van der Waals surface area contributed by atoms with Gasteiger partial charge < -0.3 is 5.32 Å². The number of nitrogens with one attached hydrogen (secondary N) is 1. The van der Waals surface area contributed by atoms with Crippen molar-refractivity contribution in [3.05, 3.63) is 28.9 Å². The van der Waals surface area contributed by atoms with Gasteiger partial charge in [-0.3, -0.25) is 0 Å². The number of nitrogens with zero attached hydrogens (tertiary/aromatic N) is 3. The van der Waals surface area contributed by atoms with Crippen LogP contribution in [0.4, 0.5) is 0 Å². The van der Waals surface area contributed by atoms with Crippen molar-refractivity contribution in [3.63, 3.8) is 0 Å². The predicted molar refractivity (Wildman–Crippen MR) is 75.1 cm³/mol. The Morgan fingerprint density at radius 1 is 1.44 bits per heavy atom. The molecular weight excluding hydrogens is 264 g/mol. The van der Waals surface area contributed by atoms with Gasteiger partial charge in [-0.25, -0.2) is 4.98 Å². The number of hydrogen-bond acceptors (Lipinski definition) is 6. The van der Waals surface area contributed by atoms with E-state index in [1.54, 1.807) is 23.1 Å². The van der Waals surface area contributed by atoms with Gasteiger partial charge in [-0.15, -0.1) is 10.2 Å². The lowest BCUT2D eigenvalue weighted by Gasteiger charge is -2.12. The molecule has 18 heavy (non-hydrogen) atoms. The third-order valence-corrected chi connectivity index (χ3v) is 4.29. The Morgan fingerprint density at radius 3 is 2.94 bits per heavy atom. The fourth-order valence-corrected chi connectivity index (χ4v) is 3.35. The highest BCUT2D eigenvalue weighted by molar-refractivity contribution is 8.01. The van der Waals surface area contributed by atoms with E-state index in [4.69, 9.17) is 0 Å². The van der Waals surface area contributed by atoms with Gasteiger partial charge in [-0.05, 0) is 49.9 Å². The summed E-state index contributed by atoms with van der Waals surface area (Å²) >= 11 is 3.16. The van der Waals surface area contributed by atoms with Gasteiger partial charge in [0, 0.05) is 12.2 Å². The first-order valence-corrected chi connectivity index (χ1v) is 7.49. The van der Waals surface area contributed by atoms with E-state index in [-0.39, 0.29) is 0 Å². The van der Waals surface area contributed by atoms with Crippen LogP contribution in [0.1, 0.15) is 30.5 Å². The molecule has 0 radical (unpaired) electrons. The Kier molecular flexibility index (Phi) is 4.68. The lowest BCUT2D eigenvalue weighted by Crippen LogP contribution is -2.17. The van der Waals surface area contributed by atoms with Gasteiger partial charge in [0.15, 0.2) is 4.34 Å². The van der Waals surface area contributed by atoms with Gasteiger partial charge >= 0.3 is 0 Å². The van der Waals surface area contributed by atoms with E-state index < -0.39 is 0 Å². The second-order valence-electron chi connectivity index (χ2n) is 3.90. The van der Waals surface area contributed by atoms with E-state index >= 15 is 0 Å². The summed E-state index contributed by atoms with van der Waals surface area (Å²) < 4.78 is 0.938. The lowest BCUT2D eigenvalue weighted by molar-refractivity contribution is 0.596. The Hall–Kier alpha value is -0.980. The zero-order chi connectivity index (χ0) is 13.0. The maximum Gasteiger partial charge on any atom is 0.180 e. The summed E-state index contributed by atoms with van der Waals surface area (Å²) in [7, 11) is 0. The van der Waals surface area contributed by atoms with Crippen LogP contribution < -0.4 is 5.32 Å². The van der Waals surface area contributed by atoms with E-state index in [1.807, 2.05) is 19.2 Å². The van der Waals surface area contributed by atoms with Crippen molar-refractivity contribution in [2.45, 2.75) is 36.2 Å². The third kappa shape index (κ3) is 3.51. The van der Waals surface area contributed by atoms with Crippen LogP contribution in [-0.2, 0) is 0 Å². The van der Waals surface area contributed by atoms with Gasteiger partial charge in [0.25, 0.3) is 0 Å². The maximum absolute atomic E-state index is 4.36. The molecule has 0 aromatic carbocycles. The van der Waals surface area contributed by atoms with Crippen molar-refractivity contribution in [3.8, 4) is 0 Å².